The molecule has 0 heterocycles. The molecule has 0 saturated carbocycles. The number of benzene rings is 2. The molecule has 21 heavy (non-hydrogen) atoms. The van der Waals surface area contributed by atoms with Crippen molar-refractivity contribution in [2.24, 2.45) is 0 Å². The van der Waals surface area contributed by atoms with Crippen molar-refractivity contribution in [2.75, 3.05) is 20.8 Å². The van der Waals surface area contributed by atoms with Crippen molar-refractivity contribution in [3.05, 3.63) is 54.1 Å². The molecule has 2 rings (SSSR count). The molecule has 0 fully saturated rings. The highest BCUT2D eigenvalue weighted by molar-refractivity contribution is 5.51. The second-order valence-corrected chi connectivity index (χ2v) is 4.56. The second-order valence-electron chi connectivity index (χ2n) is 4.56. The van der Waals surface area contributed by atoms with Crippen molar-refractivity contribution in [1.82, 2.24) is 0 Å². The lowest BCUT2D eigenvalue weighted by molar-refractivity contribution is 0.139. The SMILES string of the molecule is COc1cccc(OCC[C@H](O)c2ccccc2)c1OC. The lowest BCUT2D eigenvalue weighted by atomic mass is 10.1. The van der Waals surface area contributed by atoms with Crippen molar-refractivity contribution in [1.29, 1.82) is 0 Å². The summed E-state index contributed by atoms with van der Waals surface area (Å²) in [7, 11) is 3.16. The zero-order valence-corrected chi connectivity index (χ0v) is 12.3. The summed E-state index contributed by atoms with van der Waals surface area (Å²) in [4.78, 5) is 0. The normalized spacial score (nSPS) is 11.8. The molecule has 0 aromatic heterocycles. The van der Waals surface area contributed by atoms with Gasteiger partial charge in [-0.2, -0.15) is 0 Å². The fourth-order valence-corrected chi connectivity index (χ4v) is 2.09. The van der Waals surface area contributed by atoms with Gasteiger partial charge in [-0.05, 0) is 17.7 Å². The summed E-state index contributed by atoms with van der Waals surface area (Å²) >= 11 is 0. The maximum Gasteiger partial charge on any atom is 0.203 e. The van der Waals surface area contributed by atoms with Gasteiger partial charge in [0.2, 0.25) is 5.75 Å². The van der Waals surface area contributed by atoms with Gasteiger partial charge in [-0.3, -0.25) is 0 Å². The smallest absolute Gasteiger partial charge is 0.203 e. The Labute approximate surface area is 124 Å². The zero-order chi connectivity index (χ0) is 15.1. The fraction of sp³-hybridized carbons (Fsp3) is 0.294. The van der Waals surface area contributed by atoms with Crippen LogP contribution < -0.4 is 14.2 Å². The monoisotopic (exact) mass is 288 g/mol. The van der Waals surface area contributed by atoms with E-state index in [1.807, 2.05) is 48.5 Å². The quantitative estimate of drug-likeness (QED) is 0.850. The van der Waals surface area contributed by atoms with Crippen LogP contribution in [-0.4, -0.2) is 25.9 Å². The molecule has 0 bridgehead atoms. The van der Waals surface area contributed by atoms with Crippen LogP contribution in [-0.2, 0) is 0 Å². The maximum absolute atomic E-state index is 10.1. The van der Waals surface area contributed by atoms with Crippen LogP contribution in [0.4, 0.5) is 0 Å². The molecule has 1 N–H and O–H groups in total. The average molecular weight is 288 g/mol. The van der Waals surface area contributed by atoms with E-state index in [2.05, 4.69) is 0 Å². The molecule has 0 aliphatic carbocycles. The minimum absolute atomic E-state index is 0.388. The van der Waals surface area contributed by atoms with E-state index in [0.717, 1.165) is 5.56 Å². The van der Waals surface area contributed by atoms with E-state index in [4.69, 9.17) is 14.2 Å². The van der Waals surface area contributed by atoms with Crippen LogP contribution in [0.5, 0.6) is 17.2 Å². The van der Waals surface area contributed by atoms with Gasteiger partial charge in [0, 0.05) is 6.42 Å². The van der Waals surface area contributed by atoms with Crippen molar-refractivity contribution in [2.45, 2.75) is 12.5 Å². The van der Waals surface area contributed by atoms with Crippen LogP contribution in [0.1, 0.15) is 18.1 Å². The van der Waals surface area contributed by atoms with E-state index in [9.17, 15) is 5.11 Å². The molecular weight excluding hydrogens is 268 g/mol. The number of rotatable bonds is 7. The first-order chi connectivity index (χ1) is 10.3. The minimum Gasteiger partial charge on any atom is -0.493 e. The van der Waals surface area contributed by atoms with Gasteiger partial charge in [-0.25, -0.2) is 0 Å². The molecule has 4 nitrogen and oxygen atoms in total. The topological polar surface area (TPSA) is 47.9 Å². The lowest BCUT2D eigenvalue weighted by Crippen LogP contribution is -2.06. The summed E-state index contributed by atoms with van der Waals surface area (Å²) in [6.45, 7) is 0.388. The number of para-hydroxylation sites is 1. The number of aliphatic hydroxyl groups excluding tert-OH is 1. The third-order valence-corrected chi connectivity index (χ3v) is 3.20. The highest BCUT2D eigenvalue weighted by Crippen LogP contribution is 2.36. The number of ether oxygens (including phenoxy) is 3. The van der Waals surface area contributed by atoms with E-state index in [1.165, 1.54) is 0 Å². The van der Waals surface area contributed by atoms with Gasteiger partial charge >= 0.3 is 0 Å². The third-order valence-electron chi connectivity index (χ3n) is 3.20. The van der Waals surface area contributed by atoms with Crippen molar-refractivity contribution >= 4 is 0 Å². The summed E-state index contributed by atoms with van der Waals surface area (Å²) in [6.07, 6.45) is -0.0347. The molecule has 2 aromatic carbocycles. The van der Waals surface area contributed by atoms with E-state index >= 15 is 0 Å². The van der Waals surface area contributed by atoms with Gasteiger partial charge in [-0.1, -0.05) is 36.4 Å². The van der Waals surface area contributed by atoms with Crippen LogP contribution in [0.15, 0.2) is 48.5 Å². The molecule has 1 atom stereocenters. The fourth-order valence-electron chi connectivity index (χ4n) is 2.09. The Morgan fingerprint density at radius 1 is 0.905 bits per heavy atom. The first kappa shape index (κ1) is 15.2. The van der Waals surface area contributed by atoms with E-state index in [0.29, 0.717) is 30.3 Å². The van der Waals surface area contributed by atoms with Crippen LogP contribution in [0, 0.1) is 0 Å². The summed E-state index contributed by atoms with van der Waals surface area (Å²) in [5, 5.41) is 10.1. The number of aliphatic hydroxyl groups is 1. The predicted octanol–water partition coefficient (Wildman–Crippen LogP) is 3.21. The summed E-state index contributed by atoms with van der Waals surface area (Å²) in [5.74, 6) is 1.80. The molecule has 0 unspecified atom stereocenters. The minimum atomic E-state index is -0.539. The number of hydrogen-bond donors (Lipinski definition) is 1. The van der Waals surface area contributed by atoms with Crippen LogP contribution >= 0.6 is 0 Å². The molecular formula is C17H20O4. The third kappa shape index (κ3) is 3.89. The Morgan fingerprint density at radius 2 is 1.62 bits per heavy atom. The first-order valence-electron chi connectivity index (χ1n) is 6.83. The van der Waals surface area contributed by atoms with Gasteiger partial charge in [0.25, 0.3) is 0 Å². The Morgan fingerprint density at radius 3 is 2.29 bits per heavy atom. The molecule has 0 aliphatic rings. The second kappa shape index (κ2) is 7.55. The zero-order valence-electron chi connectivity index (χ0n) is 12.3. The lowest BCUT2D eigenvalue weighted by Gasteiger charge is -2.15. The predicted molar refractivity (Wildman–Crippen MR) is 81.1 cm³/mol. The van der Waals surface area contributed by atoms with E-state index in [-0.39, 0.29) is 0 Å². The van der Waals surface area contributed by atoms with Gasteiger partial charge in [0.15, 0.2) is 11.5 Å². The van der Waals surface area contributed by atoms with Crippen LogP contribution in [0.2, 0.25) is 0 Å². The Hall–Kier alpha value is -2.20. The van der Waals surface area contributed by atoms with E-state index in [1.54, 1.807) is 14.2 Å². The van der Waals surface area contributed by atoms with Gasteiger partial charge < -0.3 is 19.3 Å². The molecule has 112 valence electrons. The summed E-state index contributed by atoms with van der Waals surface area (Å²) in [5.41, 5.74) is 0.888. The van der Waals surface area contributed by atoms with Crippen LogP contribution in [0.25, 0.3) is 0 Å². The summed E-state index contributed by atoms with van der Waals surface area (Å²) < 4.78 is 16.2. The molecule has 4 heteroatoms. The molecule has 0 spiro atoms. The molecule has 0 saturated heterocycles. The number of hydrogen-bond acceptors (Lipinski definition) is 4. The van der Waals surface area contributed by atoms with Crippen LogP contribution in [0.3, 0.4) is 0 Å². The highest BCUT2D eigenvalue weighted by atomic mass is 16.5. The molecule has 0 amide bonds. The average Bonchev–Trinajstić information content (AvgIpc) is 2.55. The highest BCUT2D eigenvalue weighted by Gasteiger charge is 2.12. The van der Waals surface area contributed by atoms with E-state index < -0.39 is 6.10 Å². The van der Waals surface area contributed by atoms with Crippen molar-refractivity contribution in [3.63, 3.8) is 0 Å². The molecule has 0 aliphatic heterocycles. The number of methoxy groups -OCH3 is 2. The van der Waals surface area contributed by atoms with Gasteiger partial charge in [0.05, 0.1) is 26.9 Å². The maximum atomic E-state index is 10.1. The standard InChI is InChI=1S/C17H20O4/c1-19-15-9-6-10-16(17(15)20-2)21-12-11-14(18)13-7-4-3-5-8-13/h3-10,14,18H,11-12H2,1-2H3/t14-/m0/s1. The summed E-state index contributed by atoms with van der Waals surface area (Å²) in [6, 6.07) is 15.0. The molecule has 2 aromatic rings. The van der Waals surface area contributed by atoms with Gasteiger partial charge in [0.1, 0.15) is 0 Å². The van der Waals surface area contributed by atoms with Gasteiger partial charge in [-0.15, -0.1) is 0 Å². The Kier molecular flexibility index (Phi) is 5.46. The first-order valence-corrected chi connectivity index (χ1v) is 6.83. The van der Waals surface area contributed by atoms with Crippen molar-refractivity contribution in [3.8, 4) is 17.2 Å². The Balaban J connectivity index is 1.95. The van der Waals surface area contributed by atoms with Crippen molar-refractivity contribution < 1.29 is 19.3 Å². The largest absolute Gasteiger partial charge is 0.493 e. The molecule has 0 radical (unpaired) electrons. The Bertz CT molecular complexity index is 554.